The third kappa shape index (κ3) is 6.94. The second-order valence-corrected chi connectivity index (χ2v) is 8.82. The number of fused-ring (bicyclic) bond motifs is 1. The summed E-state index contributed by atoms with van der Waals surface area (Å²) in [7, 11) is 1.40. The number of para-hydroxylation sites is 1. The van der Waals surface area contributed by atoms with E-state index in [-0.39, 0.29) is 28.7 Å². The number of carbonyl (C=O) groups is 2. The van der Waals surface area contributed by atoms with Gasteiger partial charge < -0.3 is 25.1 Å². The molecule has 0 aliphatic rings. The highest BCUT2D eigenvalue weighted by atomic mass is 35.5. The summed E-state index contributed by atoms with van der Waals surface area (Å²) in [6.45, 7) is -0.0402. The Hall–Kier alpha value is -4.81. The Labute approximate surface area is 229 Å². The largest absolute Gasteiger partial charge is 0.493 e. The van der Waals surface area contributed by atoms with Crippen molar-refractivity contribution in [3.63, 3.8) is 0 Å². The number of methoxy groups -OCH3 is 1. The van der Waals surface area contributed by atoms with Crippen molar-refractivity contribution in [3.05, 3.63) is 94.4 Å². The molecular weight excluding hydrogens is 523 g/mol. The van der Waals surface area contributed by atoms with E-state index in [4.69, 9.17) is 21.1 Å². The highest BCUT2D eigenvalue weighted by Crippen LogP contribution is 2.37. The molecule has 0 atom stereocenters. The maximum atomic E-state index is 13.0. The van der Waals surface area contributed by atoms with Crippen LogP contribution < -0.4 is 20.1 Å². The van der Waals surface area contributed by atoms with Crippen molar-refractivity contribution in [3.8, 4) is 17.6 Å². The maximum absolute atomic E-state index is 13.0. The second-order valence-electron chi connectivity index (χ2n) is 8.41. The summed E-state index contributed by atoms with van der Waals surface area (Å²) in [5.41, 5.74) is 2.81. The number of nitrogens with one attached hydrogen (secondary N) is 3. The Morgan fingerprint density at radius 2 is 1.92 bits per heavy atom. The van der Waals surface area contributed by atoms with E-state index in [0.29, 0.717) is 24.2 Å². The zero-order valence-corrected chi connectivity index (χ0v) is 21.6. The summed E-state index contributed by atoms with van der Waals surface area (Å²) >= 11 is 6.37. The van der Waals surface area contributed by atoms with Gasteiger partial charge in [-0.05, 0) is 66.1 Å². The number of aromatic nitrogens is 1. The van der Waals surface area contributed by atoms with Crippen LogP contribution in [0.3, 0.4) is 0 Å². The quantitative estimate of drug-likeness (QED) is 0.185. The normalized spacial score (nSPS) is 11.1. The number of hydrogen-bond acceptors (Lipinski definition) is 5. The molecule has 0 spiro atoms. The molecule has 198 valence electrons. The molecule has 3 aromatic carbocycles. The molecular formula is C29H24ClFN4O4. The molecule has 2 amide bonds. The van der Waals surface area contributed by atoms with E-state index in [0.717, 1.165) is 16.5 Å². The van der Waals surface area contributed by atoms with E-state index >= 15 is 0 Å². The Morgan fingerprint density at radius 1 is 1.15 bits per heavy atom. The zero-order valence-electron chi connectivity index (χ0n) is 20.9. The van der Waals surface area contributed by atoms with Gasteiger partial charge in [-0.15, -0.1) is 0 Å². The number of aromatic amines is 1. The number of carbonyl (C=O) groups excluding carboxylic acids is 2. The van der Waals surface area contributed by atoms with Crippen LogP contribution in [0.1, 0.15) is 11.1 Å². The first-order valence-electron chi connectivity index (χ1n) is 11.9. The van der Waals surface area contributed by atoms with Gasteiger partial charge in [-0.3, -0.25) is 9.59 Å². The lowest BCUT2D eigenvalue weighted by atomic mass is 10.1. The predicted octanol–water partition coefficient (Wildman–Crippen LogP) is 5.25. The summed E-state index contributed by atoms with van der Waals surface area (Å²) in [5, 5.41) is 16.1. The van der Waals surface area contributed by atoms with Crippen LogP contribution in [-0.4, -0.2) is 37.1 Å². The average molecular weight is 547 g/mol. The summed E-state index contributed by atoms with van der Waals surface area (Å²) in [4.78, 5) is 28.1. The number of halogens is 2. The van der Waals surface area contributed by atoms with Gasteiger partial charge in [0.25, 0.3) is 11.8 Å². The second kappa shape index (κ2) is 12.6. The molecule has 1 heterocycles. The van der Waals surface area contributed by atoms with E-state index in [9.17, 15) is 19.2 Å². The van der Waals surface area contributed by atoms with Crippen LogP contribution in [0.25, 0.3) is 17.0 Å². The summed E-state index contributed by atoms with van der Waals surface area (Å²) in [6, 6.07) is 18.1. The van der Waals surface area contributed by atoms with Crippen molar-refractivity contribution in [1.82, 2.24) is 10.3 Å². The molecule has 3 N–H and O–H groups in total. The van der Waals surface area contributed by atoms with Crippen molar-refractivity contribution < 1.29 is 23.5 Å². The van der Waals surface area contributed by atoms with Crippen LogP contribution in [-0.2, 0) is 16.0 Å². The Morgan fingerprint density at radius 3 is 2.67 bits per heavy atom. The van der Waals surface area contributed by atoms with Gasteiger partial charge in [-0.1, -0.05) is 29.8 Å². The first-order valence-corrected chi connectivity index (χ1v) is 12.3. The Bertz CT molecular complexity index is 1570. The number of hydrogen-bond donors (Lipinski definition) is 3. The number of H-pyrrole nitrogens is 1. The van der Waals surface area contributed by atoms with Gasteiger partial charge in [-0.2, -0.15) is 5.26 Å². The fourth-order valence-corrected chi connectivity index (χ4v) is 4.16. The van der Waals surface area contributed by atoms with Crippen LogP contribution in [0.5, 0.6) is 11.5 Å². The highest BCUT2D eigenvalue weighted by molar-refractivity contribution is 6.32. The van der Waals surface area contributed by atoms with E-state index in [1.54, 1.807) is 0 Å². The molecule has 0 aliphatic carbocycles. The predicted molar refractivity (Wildman–Crippen MR) is 147 cm³/mol. The van der Waals surface area contributed by atoms with Gasteiger partial charge >= 0.3 is 0 Å². The van der Waals surface area contributed by atoms with Gasteiger partial charge in [0.1, 0.15) is 17.5 Å². The average Bonchev–Trinajstić information content (AvgIpc) is 3.35. The first-order chi connectivity index (χ1) is 18.9. The molecule has 10 heteroatoms. The molecule has 0 saturated carbocycles. The molecule has 39 heavy (non-hydrogen) atoms. The van der Waals surface area contributed by atoms with Crippen LogP contribution in [0.2, 0.25) is 5.02 Å². The molecule has 0 aliphatic heterocycles. The highest BCUT2D eigenvalue weighted by Gasteiger charge is 2.16. The van der Waals surface area contributed by atoms with Crippen molar-refractivity contribution in [2.75, 3.05) is 25.6 Å². The van der Waals surface area contributed by atoms with E-state index < -0.39 is 17.6 Å². The van der Waals surface area contributed by atoms with E-state index in [1.807, 2.05) is 36.5 Å². The Balaban J connectivity index is 1.39. The fraction of sp³-hybridized carbons (Fsp3) is 0.138. The standard InChI is InChI=1S/C29H24ClFN4O4/c1-38-26-14-18(13-24(30)28(26)39-17-27(36)35-22-8-6-21(31)7-9-22)12-20(15-32)29(37)33-11-10-19-16-34-25-5-3-2-4-23(19)25/h2-9,12-14,16,34H,10-11,17H2,1H3,(H,33,37)(H,35,36)/b20-12-. The minimum atomic E-state index is -0.523. The lowest BCUT2D eigenvalue weighted by Crippen LogP contribution is -2.26. The van der Waals surface area contributed by atoms with Gasteiger partial charge in [0.2, 0.25) is 0 Å². The lowest BCUT2D eigenvalue weighted by Gasteiger charge is -2.13. The first kappa shape index (κ1) is 27.2. The zero-order chi connectivity index (χ0) is 27.8. The van der Waals surface area contributed by atoms with Crippen LogP contribution in [0.15, 0.2) is 72.4 Å². The topological polar surface area (TPSA) is 116 Å². The SMILES string of the molecule is COc1cc(/C=C(/C#N)C(=O)NCCc2c[nH]c3ccccc23)cc(Cl)c1OCC(=O)Nc1ccc(F)cc1. The molecule has 0 bridgehead atoms. The Kier molecular flexibility index (Phi) is 8.82. The van der Waals surface area contributed by atoms with Crippen LogP contribution in [0.4, 0.5) is 10.1 Å². The number of rotatable bonds is 10. The maximum Gasteiger partial charge on any atom is 0.262 e. The van der Waals surface area contributed by atoms with Crippen LogP contribution >= 0.6 is 11.6 Å². The van der Waals surface area contributed by atoms with Gasteiger partial charge in [-0.25, -0.2) is 4.39 Å². The third-order valence-electron chi connectivity index (χ3n) is 5.76. The molecule has 0 fully saturated rings. The minimum absolute atomic E-state index is 0.112. The van der Waals surface area contributed by atoms with Crippen LogP contribution in [0, 0.1) is 17.1 Å². The molecule has 4 rings (SSSR count). The molecule has 4 aromatic rings. The van der Waals surface area contributed by atoms with Gasteiger partial charge in [0.15, 0.2) is 18.1 Å². The lowest BCUT2D eigenvalue weighted by molar-refractivity contribution is -0.118. The number of nitrogens with zero attached hydrogens (tertiary/aromatic N) is 1. The monoisotopic (exact) mass is 546 g/mol. The smallest absolute Gasteiger partial charge is 0.262 e. The molecule has 0 radical (unpaired) electrons. The molecule has 0 unspecified atom stereocenters. The molecule has 0 saturated heterocycles. The number of benzene rings is 3. The molecule has 1 aromatic heterocycles. The van der Waals surface area contributed by atoms with Crippen molar-refractivity contribution in [2.45, 2.75) is 6.42 Å². The number of amides is 2. The number of anilines is 1. The van der Waals surface area contributed by atoms with E-state index in [1.165, 1.54) is 49.6 Å². The van der Waals surface area contributed by atoms with Crippen molar-refractivity contribution in [1.29, 1.82) is 5.26 Å². The van der Waals surface area contributed by atoms with Gasteiger partial charge in [0, 0.05) is 29.3 Å². The summed E-state index contributed by atoms with van der Waals surface area (Å²) < 4.78 is 24.0. The molecule has 8 nitrogen and oxygen atoms in total. The number of nitriles is 1. The summed E-state index contributed by atoms with van der Waals surface area (Å²) in [5.74, 6) is -1.10. The number of ether oxygens (including phenoxy) is 2. The van der Waals surface area contributed by atoms with Gasteiger partial charge in [0.05, 0.1) is 12.1 Å². The third-order valence-corrected chi connectivity index (χ3v) is 6.04. The fourth-order valence-electron chi connectivity index (χ4n) is 3.89. The minimum Gasteiger partial charge on any atom is -0.493 e. The summed E-state index contributed by atoms with van der Waals surface area (Å²) in [6.07, 6.45) is 3.89. The van der Waals surface area contributed by atoms with Crippen molar-refractivity contribution in [2.24, 2.45) is 0 Å². The van der Waals surface area contributed by atoms with Crippen molar-refractivity contribution >= 4 is 46.1 Å². The van der Waals surface area contributed by atoms with E-state index in [2.05, 4.69) is 15.6 Å².